The molecular weight excluding hydrogens is 360 g/mol. The summed E-state index contributed by atoms with van der Waals surface area (Å²) in [5, 5.41) is 0. The van der Waals surface area contributed by atoms with E-state index in [-0.39, 0.29) is 40.1 Å². The predicted octanol–water partition coefficient (Wildman–Crippen LogP) is -0.439. The van der Waals surface area contributed by atoms with E-state index in [0.717, 1.165) is 6.61 Å². The van der Waals surface area contributed by atoms with Crippen LogP contribution in [0.5, 0.6) is 0 Å². The van der Waals surface area contributed by atoms with Crippen LogP contribution in [0, 0.1) is 6.42 Å². The van der Waals surface area contributed by atoms with Crippen molar-refractivity contribution in [3.63, 3.8) is 0 Å². The minimum atomic E-state index is 0. The van der Waals surface area contributed by atoms with Crippen LogP contribution in [0.15, 0.2) is 0 Å². The van der Waals surface area contributed by atoms with Crippen LogP contribution in [-0.2, 0) is 32.4 Å². The van der Waals surface area contributed by atoms with E-state index in [1.54, 1.807) is 0 Å². The average Bonchev–Trinajstić information content (AvgIpc) is 2.41. The van der Waals surface area contributed by atoms with Crippen LogP contribution in [0.25, 0.3) is 0 Å². The number of unbranched alkanes of at least 4 members (excludes halogenated alkanes) is 2. The summed E-state index contributed by atoms with van der Waals surface area (Å²) < 4.78 is 5.44. The van der Waals surface area contributed by atoms with Gasteiger partial charge in [-0.1, -0.05) is 19.8 Å². The molecule has 1 aliphatic heterocycles. The van der Waals surface area contributed by atoms with Gasteiger partial charge in [0.2, 0.25) is 0 Å². The molecule has 0 bridgehead atoms. The van der Waals surface area contributed by atoms with Gasteiger partial charge in [0.1, 0.15) is 0 Å². The summed E-state index contributed by atoms with van der Waals surface area (Å²) >= 11 is 0. The molecule has 0 aromatic rings. The van der Waals surface area contributed by atoms with Crippen molar-refractivity contribution in [3.05, 3.63) is 6.42 Å². The Kier molecular flexibility index (Phi) is 13.4. The zero-order valence-corrected chi connectivity index (χ0v) is 14.1. The van der Waals surface area contributed by atoms with Crippen molar-refractivity contribution in [2.24, 2.45) is 0 Å². The average molecular weight is 377 g/mol. The molecule has 0 N–H and O–H groups in total. The first-order valence-electron chi connectivity index (χ1n) is 4.38. The first-order valence-corrected chi connectivity index (χ1v) is 4.38. The smallest absolute Gasteiger partial charge is 1.00 e. The van der Waals surface area contributed by atoms with Crippen LogP contribution < -0.4 is 12.4 Å². The zero-order valence-electron chi connectivity index (χ0n) is 7.89. The van der Waals surface area contributed by atoms with Crippen molar-refractivity contribution in [1.82, 2.24) is 0 Å². The Bertz CT molecular complexity index is 84.6. The number of hydrogen-bond donors (Lipinski definition) is 0. The van der Waals surface area contributed by atoms with Gasteiger partial charge in [-0.15, -0.1) is 0 Å². The number of ether oxygens (including phenoxy) is 1. The van der Waals surface area contributed by atoms with E-state index in [1.807, 2.05) is 0 Å². The van der Waals surface area contributed by atoms with Crippen LogP contribution in [0.2, 0.25) is 0 Å². The van der Waals surface area contributed by atoms with E-state index < -0.39 is 0 Å². The molecule has 12 heavy (non-hydrogen) atoms. The van der Waals surface area contributed by atoms with Crippen molar-refractivity contribution in [1.29, 1.82) is 0 Å². The Morgan fingerprint density at radius 3 is 2.75 bits per heavy atom. The second-order valence-electron chi connectivity index (χ2n) is 2.93. The van der Waals surface area contributed by atoms with Crippen LogP contribution >= 0.6 is 0 Å². The summed E-state index contributed by atoms with van der Waals surface area (Å²) in [5.41, 5.74) is 0. The molecule has 1 aliphatic rings. The fourth-order valence-corrected chi connectivity index (χ4v) is 1.30. The molecule has 0 aromatic carbocycles. The molecule has 0 aromatic heterocycles. The second kappa shape index (κ2) is 10.3. The van der Waals surface area contributed by atoms with Gasteiger partial charge in [-0.3, -0.25) is 0 Å². The third kappa shape index (κ3) is 6.67. The largest absolute Gasteiger partial charge is 1.00 e. The van der Waals surface area contributed by atoms with Crippen LogP contribution in [0.1, 0.15) is 39.0 Å². The Balaban J connectivity index is 0. The first kappa shape index (κ1) is 15.6. The van der Waals surface area contributed by atoms with E-state index in [2.05, 4.69) is 13.3 Å². The van der Waals surface area contributed by atoms with E-state index in [4.69, 9.17) is 4.74 Å². The van der Waals surface area contributed by atoms with Gasteiger partial charge < -0.3 is 17.1 Å². The van der Waals surface area contributed by atoms with Crippen molar-refractivity contribution in [3.8, 4) is 0 Å². The van der Waals surface area contributed by atoms with Gasteiger partial charge in [0.05, 0.1) is 6.10 Å². The Hall–Kier alpha value is 1.19. The van der Waals surface area contributed by atoms with Crippen molar-refractivity contribution >= 4 is 0 Å². The fourth-order valence-electron chi connectivity index (χ4n) is 1.30. The Morgan fingerprint density at radius 2 is 2.25 bits per heavy atom. The van der Waals surface area contributed by atoms with Gasteiger partial charge in [0.25, 0.3) is 0 Å². The summed E-state index contributed by atoms with van der Waals surface area (Å²) in [6.45, 7) is 3.20. The molecule has 1 rings (SSSR count). The van der Waals surface area contributed by atoms with Crippen LogP contribution in [-0.4, -0.2) is 12.7 Å². The zero-order chi connectivity index (χ0) is 7.23. The summed E-state index contributed by atoms with van der Waals surface area (Å²) in [7, 11) is 0. The molecule has 1 atom stereocenters. The van der Waals surface area contributed by atoms with Crippen molar-refractivity contribution in [2.45, 2.75) is 45.1 Å². The van der Waals surface area contributed by atoms with Gasteiger partial charge in [0.15, 0.2) is 0 Å². The van der Waals surface area contributed by atoms with Gasteiger partial charge in [-0.05, 0) is 25.7 Å². The summed E-state index contributed by atoms with van der Waals surface area (Å²) in [5.74, 6) is 0. The molecule has 1 fully saturated rings. The van der Waals surface area contributed by atoms with E-state index in [0.29, 0.717) is 6.10 Å². The van der Waals surface area contributed by atoms with Crippen LogP contribution in [0.3, 0.4) is 0 Å². The number of rotatable bonds is 4. The first-order chi connectivity index (χ1) is 4.93. The van der Waals surface area contributed by atoms with Crippen molar-refractivity contribution in [2.75, 3.05) is 6.61 Å². The third-order valence-electron chi connectivity index (χ3n) is 1.95. The van der Waals surface area contributed by atoms with Gasteiger partial charge in [-0.2, -0.15) is 0 Å². The molecular formula is C9H17ClHgO. The maximum absolute atomic E-state index is 5.44. The number of halogens is 1. The molecule has 1 nitrogen and oxygen atoms in total. The third-order valence-corrected chi connectivity index (χ3v) is 1.95. The van der Waals surface area contributed by atoms with Crippen molar-refractivity contribution < 1.29 is 44.8 Å². The molecule has 1 heterocycles. The minimum absolute atomic E-state index is 0. The second-order valence-corrected chi connectivity index (χ2v) is 2.93. The fraction of sp³-hybridized carbons (Fsp3) is 0.889. The molecule has 3 heteroatoms. The molecule has 2 radical (unpaired) electrons. The minimum Gasteiger partial charge on any atom is -1.00 e. The molecule has 0 saturated carbocycles. The molecule has 1 saturated heterocycles. The molecule has 0 unspecified atom stereocenters. The number of hydrogen-bond acceptors (Lipinski definition) is 1. The standard InChI is InChI=1S/C9H17O.ClH.Hg/c1-2-3-4-6-9-7-5-8-10-9;;/h6,9H,2-5,7-8H2,1H3;1H;/q;;+1/p-1/t9-;;/m0../s1. The molecule has 0 amide bonds. The van der Waals surface area contributed by atoms with E-state index in [1.165, 1.54) is 32.1 Å². The van der Waals surface area contributed by atoms with Gasteiger partial charge >= 0.3 is 27.7 Å². The Labute approximate surface area is 103 Å². The molecule has 0 aliphatic carbocycles. The normalized spacial score (nSPS) is 21.2. The Morgan fingerprint density at radius 1 is 1.50 bits per heavy atom. The molecule has 68 valence electrons. The SMILES string of the molecule is CCCC[CH][C@H]1CCCO1.[Cl-].[Hg+]. The summed E-state index contributed by atoms with van der Waals surface area (Å²) in [6.07, 6.45) is 9.18. The molecule has 0 spiro atoms. The quantitative estimate of drug-likeness (QED) is 0.477. The van der Waals surface area contributed by atoms with Gasteiger partial charge in [0, 0.05) is 6.61 Å². The van der Waals surface area contributed by atoms with E-state index >= 15 is 0 Å². The topological polar surface area (TPSA) is 9.23 Å². The maximum Gasteiger partial charge on any atom is 1.00 e. The van der Waals surface area contributed by atoms with Crippen LogP contribution in [0.4, 0.5) is 0 Å². The van der Waals surface area contributed by atoms with E-state index in [9.17, 15) is 0 Å². The van der Waals surface area contributed by atoms with Gasteiger partial charge in [-0.25, -0.2) is 0 Å². The summed E-state index contributed by atoms with van der Waals surface area (Å²) in [4.78, 5) is 0. The monoisotopic (exact) mass is 378 g/mol. The predicted molar refractivity (Wildman–Crippen MR) is 42.8 cm³/mol. The maximum atomic E-state index is 5.44. The summed E-state index contributed by atoms with van der Waals surface area (Å²) in [6, 6.07) is 0.